The van der Waals surface area contributed by atoms with Crippen LogP contribution < -0.4 is 15.6 Å². The monoisotopic (exact) mass is 359 g/mol. The quantitative estimate of drug-likeness (QED) is 0.441. The van der Waals surface area contributed by atoms with Gasteiger partial charge in [0.1, 0.15) is 12.4 Å². The molecule has 136 valence electrons. The molecular formula is C17H17N3O6. The van der Waals surface area contributed by atoms with Gasteiger partial charge >= 0.3 is 0 Å². The Hall–Kier alpha value is -3.46. The van der Waals surface area contributed by atoms with Gasteiger partial charge in [-0.1, -0.05) is 12.1 Å². The van der Waals surface area contributed by atoms with Crippen LogP contribution in [0.3, 0.4) is 0 Å². The molecule has 0 unspecified atom stereocenters. The van der Waals surface area contributed by atoms with Gasteiger partial charge in [-0.05, 0) is 24.3 Å². The number of hydrazine groups is 1. The van der Waals surface area contributed by atoms with Crippen molar-refractivity contribution in [3.05, 3.63) is 69.8 Å². The van der Waals surface area contributed by atoms with Gasteiger partial charge in [-0.2, -0.15) is 0 Å². The van der Waals surface area contributed by atoms with Crippen molar-refractivity contribution in [3.63, 3.8) is 0 Å². The topological polar surface area (TPSA) is 120 Å². The molecule has 0 aliphatic rings. The predicted molar refractivity (Wildman–Crippen MR) is 91.8 cm³/mol. The fraction of sp³-hybridized carbons (Fsp3) is 0.176. The van der Waals surface area contributed by atoms with Crippen molar-refractivity contribution in [3.8, 4) is 5.75 Å². The molecule has 9 heteroatoms. The third-order valence-electron chi connectivity index (χ3n) is 3.31. The number of nitro groups is 1. The van der Waals surface area contributed by atoms with Crippen molar-refractivity contribution in [2.45, 2.75) is 0 Å². The first-order valence-electron chi connectivity index (χ1n) is 7.59. The number of hydrogen-bond donors (Lipinski definition) is 2. The minimum atomic E-state index is -0.606. The Morgan fingerprint density at radius 2 is 1.65 bits per heavy atom. The molecule has 0 aliphatic heterocycles. The summed E-state index contributed by atoms with van der Waals surface area (Å²) < 4.78 is 10.4. The van der Waals surface area contributed by atoms with Crippen LogP contribution >= 0.6 is 0 Å². The van der Waals surface area contributed by atoms with E-state index < -0.39 is 16.7 Å². The standard InChI is InChI=1S/C17H17N3O6/c1-25-10-11-26-15-5-3-2-4-14(15)17(22)19-18-16(21)12-6-8-13(9-7-12)20(23)24/h2-9H,10-11H2,1H3,(H,18,21)(H,19,22). The number of methoxy groups -OCH3 is 1. The summed E-state index contributed by atoms with van der Waals surface area (Å²) in [5.74, 6) is -0.814. The first-order chi connectivity index (χ1) is 12.5. The van der Waals surface area contributed by atoms with Gasteiger partial charge in [-0.15, -0.1) is 0 Å². The normalized spacial score (nSPS) is 10.0. The highest BCUT2D eigenvalue weighted by Gasteiger charge is 2.14. The smallest absolute Gasteiger partial charge is 0.273 e. The number of benzene rings is 2. The maximum Gasteiger partial charge on any atom is 0.273 e. The number of carbonyl (C=O) groups excluding carboxylic acids is 2. The number of nitro benzene ring substituents is 1. The molecule has 0 aromatic heterocycles. The van der Waals surface area contributed by atoms with Crippen LogP contribution in [-0.4, -0.2) is 37.1 Å². The second kappa shape index (κ2) is 9.14. The van der Waals surface area contributed by atoms with E-state index in [0.29, 0.717) is 12.4 Å². The highest BCUT2D eigenvalue weighted by Crippen LogP contribution is 2.17. The lowest BCUT2D eigenvalue weighted by Gasteiger charge is -2.12. The van der Waals surface area contributed by atoms with E-state index in [9.17, 15) is 19.7 Å². The molecule has 0 heterocycles. The summed E-state index contributed by atoms with van der Waals surface area (Å²) in [6.07, 6.45) is 0. The summed E-state index contributed by atoms with van der Waals surface area (Å²) in [6.45, 7) is 0.642. The molecule has 0 saturated heterocycles. The van der Waals surface area contributed by atoms with Crippen molar-refractivity contribution in [2.75, 3.05) is 20.3 Å². The Bertz CT molecular complexity index is 791. The summed E-state index contributed by atoms with van der Waals surface area (Å²) >= 11 is 0. The van der Waals surface area contributed by atoms with Crippen LogP contribution in [0, 0.1) is 10.1 Å². The molecule has 0 fully saturated rings. The maximum atomic E-state index is 12.3. The molecular weight excluding hydrogens is 342 g/mol. The fourth-order valence-corrected chi connectivity index (χ4v) is 2.00. The molecule has 0 spiro atoms. The summed E-state index contributed by atoms with van der Waals surface area (Å²) in [6, 6.07) is 11.6. The summed E-state index contributed by atoms with van der Waals surface area (Å²) in [7, 11) is 1.54. The Kier molecular flexibility index (Phi) is 6.63. The Balaban J connectivity index is 1.97. The SMILES string of the molecule is COCCOc1ccccc1C(=O)NNC(=O)c1ccc([N+](=O)[O-])cc1. The lowest BCUT2D eigenvalue weighted by molar-refractivity contribution is -0.384. The lowest BCUT2D eigenvalue weighted by atomic mass is 10.2. The average Bonchev–Trinajstić information content (AvgIpc) is 2.66. The van der Waals surface area contributed by atoms with Crippen molar-refractivity contribution in [1.82, 2.24) is 10.9 Å². The molecule has 0 saturated carbocycles. The van der Waals surface area contributed by atoms with Crippen LogP contribution in [0.5, 0.6) is 5.75 Å². The van der Waals surface area contributed by atoms with Gasteiger partial charge in [0.05, 0.1) is 17.1 Å². The zero-order valence-corrected chi connectivity index (χ0v) is 13.9. The van der Waals surface area contributed by atoms with E-state index in [2.05, 4.69) is 10.9 Å². The molecule has 2 N–H and O–H groups in total. The number of ether oxygens (including phenoxy) is 2. The number of para-hydroxylation sites is 1. The average molecular weight is 359 g/mol. The van der Waals surface area contributed by atoms with Crippen LogP contribution in [0.15, 0.2) is 48.5 Å². The van der Waals surface area contributed by atoms with Gasteiger partial charge in [0.25, 0.3) is 17.5 Å². The van der Waals surface area contributed by atoms with Crippen LogP contribution in [0.1, 0.15) is 20.7 Å². The first kappa shape index (κ1) is 18.9. The Morgan fingerprint density at radius 3 is 2.31 bits per heavy atom. The zero-order valence-electron chi connectivity index (χ0n) is 13.9. The number of carbonyl (C=O) groups is 2. The van der Waals surface area contributed by atoms with E-state index in [1.807, 2.05) is 0 Å². The van der Waals surface area contributed by atoms with Gasteiger partial charge in [-0.3, -0.25) is 30.6 Å². The van der Waals surface area contributed by atoms with E-state index in [1.165, 1.54) is 31.4 Å². The fourth-order valence-electron chi connectivity index (χ4n) is 2.00. The van der Waals surface area contributed by atoms with Crippen LogP contribution in [0.2, 0.25) is 0 Å². The zero-order chi connectivity index (χ0) is 18.9. The van der Waals surface area contributed by atoms with E-state index in [4.69, 9.17) is 9.47 Å². The van der Waals surface area contributed by atoms with E-state index in [-0.39, 0.29) is 23.4 Å². The molecule has 2 rings (SSSR count). The highest BCUT2D eigenvalue weighted by molar-refractivity contribution is 6.00. The molecule has 0 bridgehead atoms. The van der Waals surface area contributed by atoms with Crippen LogP contribution in [0.25, 0.3) is 0 Å². The minimum absolute atomic E-state index is 0.132. The van der Waals surface area contributed by atoms with E-state index in [1.54, 1.807) is 24.3 Å². The maximum absolute atomic E-state index is 12.3. The van der Waals surface area contributed by atoms with Gasteiger partial charge in [-0.25, -0.2) is 0 Å². The third-order valence-corrected chi connectivity index (χ3v) is 3.31. The summed E-state index contributed by atoms with van der Waals surface area (Å²) in [5, 5.41) is 10.6. The first-order valence-corrected chi connectivity index (χ1v) is 7.59. The number of hydrogen-bond acceptors (Lipinski definition) is 6. The van der Waals surface area contributed by atoms with Crippen LogP contribution in [0.4, 0.5) is 5.69 Å². The summed E-state index contributed by atoms with van der Waals surface area (Å²) in [4.78, 5) is 34.3. The molecule has 9 nitrogen and oxygen atoms in total. The second-order valence-corrected chi connectivity index (χ2v) is 5.05. The van der Waals surface area contributed by atoms with E-state index >= 15 is 0 Å². The molecule has 26 heavy (non-hydrogen) atoms. The number of amides is 2. The lowest BCUT2D eigenvalue weighted by Crippen LogP contribution is -2.41. The van der Waals surface area contributed by atoms with Gasteiger partial charge in [0.2, 0.25) is 0 Å². The van der Waals surface area contributed by atoms with Gasteiger partial charge in [0, 0.05) is 24.8 Å². The van der Waals surface area contributed by atoms with Crippen molar-refractivity contribution in [2.24, 2.45) is 0 Å². The van der Waals surface area contributed by atoms with Crippen molar-refractivity contribution >= 4 is 17.5 Å². The van der Waals surface area contributed by atoms with Gasteiger partial charge < -0.3 is 9.47 Å². The molecule has 2 amide bonds. The number of nitrogens with one attached hydrogen (secondary N) is 2. The van der Waals surface area contributed by atoms with Crippen molar-refractivity contribution < 1.29 is 24.0 Å². The number of rotatable bonds is 7. The molecule has 2 aromatic rings. The molecule has 0 atom stereocenters. The van der Waals surface area contributed by atoms with Crippen LogP contribution in [-0.2, 0) is 4.74 Å². The Labute approximate surface area is 149 Å². The Morgan fingerprint density at radius 1 is 1.00 bits per heavy atom. The third kappa shape index (κ3) is 5.02. The second-order valence-electron chi connectivity index (χ2n) is 5.05. The summed E-state index contributed by atoms with van der Waals surface area (Å²) in [5.41, 5.74) is 4.81. The number of nitrogens with zero attached hydrogens (tertiary/aromatic N) is 1. The van der Waals surface area contributed by atoms with E-state index in [0.717, 1.165) is 0 Å². The highest BCUT2D eigenvalue weighted by atomic mass is 16.6. The minimum Gasteiger partial charge on any atom is -0.490 e. The molecule has 0 radical (unpaired) electrons. The van der Waals surface area contributed by atoms with Crippen molar-refractivity contribution in [1.29, 1.82) is 0 Å². The number of non-ortho nitro benzene ring substituents is 1. The van der Waals surface area contributed by atoms with Gasteiger partial charge in [0.15, 0.2) is 0 Å². The molecule has 0 aliphatic carbocycles. The molecule has 2 aromatic carbocycles. The predicted octanol–water partition coefficient (Wildman–Crippen LogP) is 1.69. The largest absolute Gasteiger partial charge is 0.490 e.